The lowest BCUT2D eigenvalue weighted by Gasteiger charge is -2.33. The van der Waals surface area contributed by atoms with E-state index in [0.717, 1.165) is 0 Å². The molecule has 0 aromatic rings. The number of nitrogens with zero attached hydrogens (tertiary/aromatic N) is 2. The summed E-state index contributed by atoms with van der Waals surface area (Å²) in [6.07, 6.45) is 33.6. The van der Waals surface area contributed by atoms with Crippen LogP contribution in [-0.4, -0.2) is 29.1 Å². The molecular formula is C28H56N2. The summed E-state index contributed by atoms with van der Waals surface area (Å²) in [6, 6.07) is 0. The van der Waals surface area contributed by atoms with Crippen molar-refractivity contribution in [2.75, 3.05) is 13.1 Å². The van der Waals surface area contributed by atoms with Crippen LogP contribution < -0.4 is 0 Å². The lowest BCUT2D eigenvalue weighted by atomic mass is 10.1. The highest BCUT2D eigenvalue weighted by Gasteiger charge is 2.24. The zero-order valence-electron chi connectivity index (χ0n) is 21.2. The van der Waals surface area contributed by atoms with Crippen LogP contribution in [0.1, 0.15) is 149 Å². The molecule has 0 fully saturated rings. The van der Waals surface area contributed by atoms with E-state index in [2.05, 4.69) is 43.0 Å². The molecule has 1 aliphatic rings. The lowest BCUT2D eigenvalue weighted by molar-refractivity contribution is 0.136. The van der Waals surface area contributed by atoms with Crippen LogP contribution in [0.2, 0.25) is 0 Å². The highest BCUT2D eigenvalue weighted by atomic mass is 15.4. The van der Waals surface area contributed by atoms with Crippen molar-refractivity contribution in [3.8, 4) is 0 Å². The molecule has 2 nitrogen and oxygen atoms in total. The van der Waals surface area contributed by atoms with Crippen molar-refractivity contribution in [3.05, 3.63) is 12.4 Å². The first kappa shape index (κ1) is 27.4. The molecule has 0 aliphatic carbocycles. The van der Waals surface area contributed by atoms with E-state index in [4.69, 9.17) is 0 Å². The van der Waals surface area contributed by atoms with E-state index in [1.807, 2.05) is 0 Å². The molecule has 0 radical (unpaired) electrons. The molecule has 0 bridgehead atoms. The van der Waals surface area contributed by atoms with Crippen molar-refractivity contribution in [1.29, 1.82) is 0 Å². The van der Waals surface area contributed by atoms with Gasteiger partial charge in [-0.15, -0.1) is 0 Å². The van der Waals surface area contributed by atoms with Crippen molar-refractivity contribution in [3.63, 3.8) is 0 Å². The van der Waals surface area contributed by atoms with Gasteiger partial charge in [-0.1, -0.05) is 124 Å². The Morgan fingerprint density at radius 1 is 0.433 bits per heavy atom. The van der Waals surface area contributed by atoms with E-state index in [-0.39, 0.29) is 0 Å². The molecule has 0 N–H and O–H groups in total. The van der Waals surface area contributed by atoms with Crippen molar-refractivity contribution in [2.24, 2.45) is 0 Å². The van der Waals surface area contributed by atoms with E-state index >= 15 is 0 Å². The Hall–Kier alpha value is -0.660. The second-order valence-corrected chi connectivity index (χ2v) is 9.70. The van der Waals surface area contributed by atoms with Crippen LogP contribution in [0.5, 0.6) is 0 Å². The molecule has 30 heavy (non-hydrogen) atoms. The summed E-state index contributed by atoms with van der Waals surface area (Å²) in [7, 11) is 0. The lowest BCUT2D eigenvalue weighted by Crippen LogP contribution is -2.39. The van der Waals surface area contributed by atoms with Crippen LogP contribution in [-0.2, 0) is 0 Å². The molecule has 178 valence electrons. The summed E-state index contributed by atoms with van der Waals surface area (Å²) in [6.45, 7) is 9.42. The van der Waals surface area contributed by atoms with E-state index in [9.17, 15) is 0 Å². The van der Waals surface area contributed by atoms with Crippen LogP contribution in [0.4, 0.5) is 0 Å². The molecular weight excluding hydrogens is 364 g/mol. The first-order valence-corrected chi connectivity index (χ1v) is 14.0. The quantitative estimate of drug-likeness (QED) is 0.161. The van der Waals surface area contributed by atoms with Gasteiger partial charge in [0.05, 0.1) is 0 Å². The molecule has 0 saturated carbocycles. The molecule has 1 heterocycles. The molecule has 1 rings (SSSR count). The molecule has 0 aromatic heterocycles. The van der Waals surface area contributed by atoms with Gasteiger partial charge in [0.25, 0.3) is 0 Å². The topological polar surface area (TPSA) is 6.48 Å². The number of hydrogen-bond donors (Lipinski definition) is 0. The standard InChI is InChI=1S/C28H56N2/c1-4-7-10-12-13-14-15-16-17-18-20-22-25-30-27-26-29(24-9-6-3)28(30)23-21-19-11-8-5-2/h26-28H,4-25H2,1-3H3. The first-order valence-electron chi connectivity index (χ1n) is 14.0. The van der Waals surface area contributed by atoms with E-state index in [0.29, 0.717) is 6.17 Å². The third kappa shape index (κ3) is 13.6. The average molecular weight is 421 g/mol. The third-order valence-corrected chi connectivity index (χ3v) is 6.82. The molecule has 0 aromatic carbocycles. The van der Waals surface area contributed by atoms with Crippen LogP contribution >= 0.6 is 0 Å². The van der Waals surface area contributed by atoms with Crippen LogP contribution in [0, 0.1) is 0 Å². The summed E-state index contributed by atoms with van der Waals surface area (Å²) < 4.78 is 0. The second kappa shape index (κ2) is 20.3. The second-order valence-electron chi connectivity index (χ2n) is 9.70. The Kier molecular flexibility index (Phi) is 18.5. The minimum atomic E-state index is 0.644. The highest BCUT2D eigenvalue weighted by molar-refractivity contribution is 4.96. The van der Waals surface area contributed by atoms with E-state index < -0.39 is 0 Å². The Balaban J connectivity index is 2.10. The highest BCUT2D eigenvalue weighted by Crippen LogP contribution is 2.23. The van der Waals surface area contributed by atoms with Crippen molar-refractivity contribution in [2.45, 2.75) is 155 Å². The van der Waals surface area contributed by atoms with E-state index in [1.165, 1.54) is 142 Å². The fraction of sp³-hybridized carbons (Fsp3) is 0.929. The van der Waals surface area contributed by atoms with Gasteiger partial charge in [0.15, 0.2) is 0 Å². The maximum atomic E-state index is 2.66. The van der Waals surface area contributed by atoms with Gasteiger partial charge in [0.1, 0.15) is 6.17 Å². The van der Waals surface area contributed by atoms with Crippen LogP contribution in [0.25, 0.3) is 0 Å². The maximum Gasteiger partial charge on any atom is 0.101 e. The summed E-state index contributed by atoms with van der Waals surface area (Å²) in [4.78, 5) is 5.29. The molecule has 1 aliphatic heterocycles. The molecule has 1 unspecified atom stereocenters. The summed E-state index contributed by atoms with van der Waals surface area (Å²) >= 11 is 0. The number of unbranched alkanes of at least 4 members (excludes halogenated alkanes) is 16. The molecule has 2 heteroatoms. The molecule has 0 spiro atoms. The number of rotatable bonds is 22. The zero-order chi connectivity index (χ0) is 21.7. The predicted molar refractivity (Wildman–Crippen MR) is 136 cm³/mol. The maximum absolute atomic E-state index is 2.66. The normalized spacial score (nSPS) is 16.2. The fourth-order valence-electron chi connectivity index (χ4n) is 4.75. The van der Waals surface area contributed by atoms with Crippen molar-refractivity contribution < 1.29 is 0 Å². The Labute approximate surface area is 190 Å². The van der Waals surface area contributed by atoms with Gasteiger partial charge in [0.2, 0.25) is 0 Å². The van der Waals surface area contributed by atoms with Gasteiger partial charge in [0, 0.05) is 25.5 Å². The average Bonchev–Trinajstić information content (AvgIpc) is 3.14. The molecule has 0 saturated heterocycles. The molecule has 1 atom stereocenters. The van der Waals surface area contributed by atoms with Crippen LogP contribution in [0.15, 0.2) is 12.4 Å². The van der Waals surface area contributed by atoms with Crippen LogP contribution in [0.3, 0.4) is 0 Å². The van der Waals surface area contributed by atoms with Crippen molar-refractivity contribution in [1.82, 2.24) is 9.80 Å². The smallest absolute Gasteiger partial charge is 0.101 e. The Morgan fingerprint density at radius 3 is 1.27 bits per heavy atom. The summed E-state index contributed by atoms with van der Waals surface area (Å²) in [5.41, 5.74) is 0. The monoisotopic (exact) mass is 420 g/mol. The van der Waals surface area contributed by atoms with Gasteiger partial charge in [-0.25, -0.2) is 0 Å². The minimum absolute atomic E-state index is 0.644. The fourth-order valence-corrected chi connectivity index (χ4v) is 4.75. The van der Waals surface area contributed by atoms with Gasteiger partial charge in [-0.3, -0.25) is 0 Å². The SMILES string of the molecule is CCCCCCCCCCCCCCN1C=CN(CCCC)C1CCCCCCC. The number of hydrogen-bond acceptors (Lipinski definition) is 2. The third-order valence-electron chi connectivity index (χ3n) is 6.82. The Morgan fingerprint density at radius 2 is 0.800 bits per heavy atom. The minimum Gasteiger partial charge on any atom is -0.356 e. The predicted octanol–water partition coefficient (Wildman–Crippen LogP) is 9.26. The Bertz CT molecular complexity index is 379. The largest absolute Gasteiger partial charge is 0.356 e. The summed E-state index contributed by atoms with van der Waals surface area (Å²) in [5, 5.41) is 0. The van der Waals surface area contributed by atoms with Crippen molar-refractivity contribution >= 4 is 0 Å². The van der Waals surface area contributed by atoms with Gasteiger partial charge < -0.3 is 9.80 Å². The first-order chi connectivity index (χ1) is 14.8. The zero-order valence-corrected chi connectivity index (χ0v) is 21.2. The van der Waals surface area contributed by atoms with Gasteiger partial charge in [-0.2, -0.15) is 0 Å². The van der Waals surface area contributed by atoms with Gasteiger partial charge >= 0.3 is 0 Å². The summed E-state index contributed by atoms with van der Waals surface area (Å²) in [5.74, 6) is 0. The van der Waals surface area contributed by atoms with Gasteiger partial charge in [-0.05, 0) is 25.7 Å². The van der Waals surface area contributed by atoms with E-state index in [1.54, 1.807) is 0 Å². The molecule has 0 amide bonds.